The number of rotatable bonds is 3. The van der Waals surface area contributed by atoms with E-state index < -0.39 is 5.82 Å². The Kier molecular flexibility index (Phi) is 3.80. The summed E-state index contributed by atoms with van der Waals surface area (Å²) in [5.41, 5.74) is 1.16. The van der Waals surface area contributed by atoms with E-state index in [1.165, 1.54) is 23.9 Å². The number of benzene rings is 2. The summed E-state index contributed by atoms with van der Waals surface area (Å²) in [5.74, 6) is 0.115. The molecule has 2 N–H and O–H groups in total. The molecule has 0 aliphatic carbocycles. The number of methoxy groups -OCH3 is 1. The lowest BCUT2D eigenvalue weighted by molar-refractivity contribution is 0.396. The first-order chi connectivity index (χ1) is 13.6. The Labute approximate surface area is 161 Å². The standard InChI is InChI=1S/C20H13FN4O2S/c1-27-15-9-11(4-6-22-15)28-20-24-17-12-3-2-10(21)8-14(12)16-13(18(17)25-20)5-7-23-19(16)26/h2-9H,1H3,(H,23,26)(H,24,25). The first-order valence-electron chi connectivity index (χ1n) is 8.44. The lowest BCUT2D eigenvalue weighted by Gasteiger charge is -2.05. The molecule has 0 saturated carbocycles. The molecule has 5 rings (SSSR count). The van der Waals surface area contributed by atoms with E-state index in [0.717, 1.165) is 15.8 Å². The van der Waals surface area contributed by atoms with Crippen LogP contribution in [0.25, 0.3) is 32.6 Å². The molecule has 28 heavy (non-hydrogen) atoms. The Morgan fingerprint density at radius 3 is 2.86 bits per heavy atom. The van der Waals surface area contributed by atoms with Gasteiger partial charge in [-0.25, -0.2) is 14.4 Å². The van der Waals surface area contributed by atoms with Crippen LogP contribution in [0.1, 0.15) is 0 Å². The summed E-state index contributed by atoms with van der Waals surface area (Å²) in [6, 6.07) is 9.88. The summed E-state index contributed by atoms with van der Waals surface area (Å²) in [5, 5.41) is 3.05. The van der Waals surface area contributed by atoms with Crippen LogP contribution in [0, 0.1) is 5.82 Å². The molecule has 0 amide bonds. The Hall–Kier alpha value is -3.39. The van der Waals surface area contributed by atoms with Gasteiger partial charge in [0.15, 0.2) is 5.16 Å². The van der Waals surface area contributed by atoms with Crippen LogP contribution in [-0.2, 0) is 0 Å². The number of halogens is 1. The third kappa shape index (κ3) is 2.61. The van der Waals surface area contributed by atoms with Crippen LogP contribution in [0.15, 0.2) is 63.6 Å². The van der Waals surface area contributed by atoms with Gasteiger partial charge < -0.3 is 14.7 Å². The molecule has 3 aromatic heterocycles. The van der Waals surface area contributed by atoms with Crippen molar-refractivity contribution in [3.63, 3.8) is 0 Å². The lowest BCUT2D eigenvalue weighted by atomic mass is 10.0. The van der Waals surface area contributed by atoms with Gasteiger partial charge in [0.05, 0.1) is 23.5 Å². The molecular weight excluding hydrogens is 379 g/mol. The van der Waals surface area contributed by atoms with E-state index in [4.69, 9.17) is 9.72 Å². The van der Waals surface area contributed by atoms with Gasteiger partial charge in [-0.1, -0.05) is 11.8 Å². The smallest absolute Gasteiger partial charge is 0.256 e. The Morgan fingerprint density at radius 2 is 2.00 bits per heavy atom. The quantitative estimate of drug-likeness (QED) is 0.449. The number of hydrogen-bond donors (Lipinski definition) is 2. The lowest BCUT2D eigenvalue weighted by Crippen LogP contribution is -2.05. The van der Waals surface area contributed by atoms with E-state index in [2.05, 4.69) is 15.0 Å². The van der Waals surface area contributed by atoms with E-state index in [9.17, 15) is 9.18 Å². The van der Waals surface area contributed by atoms with Crippen LogP contribution in [0.5, 0.6) is 5.88 Å². The summed E-state index contributed by atoms with van der Waals surface area (Å²) in [4.78, 5) is 28.2. The number of hydrogen-bond acceptors (Lipinski definition) is 5. The van der Waals surface area contributed by atoms with Crippen LogP contribution < -0.4 is 10.3 Å². The van der Waals surface area contributed by atoms with Gasteiger partial charge >= 0.3 is 0 Å². The number of imidazole rings is 1. The third-order valence-corrected chi connectivity index (χ3v) is 5.42. The molecule has 0 unspecified atom stereocenters. The molecule has 138 valence electrons. The molecule has 0 aliphatic rings. The third-order valence-electron chi connectivity index (χ3n) is 4.55. The maximum Gasteiger partial charge on any atom is 0.256 e. The average Bonchev–Trinajstić information content (AvgIpc) is 3.12. The Bertz CT molecular complexity index is 1430. The normalized spacial score (nSPS) is 11.5. The second kappa shape index (κ2) is 6.35. The minimum absolute atomic E-state index is 0.266. The molecule has 0 fully saturated rings. The number of aromatic nitrogens is 4. The van der Waals surface area contributed by atoms with Crippen molar-refractivity contribution in [2.75, 3.05) is 7.11 Å². The molecule has 2 aromatic carbocycles. The number of fused-ring (bicyclic) bond motifs is 6. The Morgan fingerprint density at radius 1 is 1.11 bits per heavy atom. The molecule has 0 radical (unpaired) electrons. The van der Waals surface area contributed by atoms with Crippen molar-refractivity contribution >= 4 is 44.3 Å². The van der Waals surface area contributed by atoms with E-state index >= 15 is 0 Å². The molecule has 6 nitrogen and oxygen atoms in total. The summed E-state index contributed by atoms with van der Waals surface area (Å²) in [6.45, 7) is 0. The zero-order valence-corrected chi connectivity index (χ0v) is 15.4. The van der Waals surface area contributed by atoms with Gasteiger partial charge in [0.2, 0.25) is 5.88 Å². The minimum atomic E-state index is -0.398. The zero-order chi connectivity index (χ0) is 19.3. The second-order valence-electron chi connectivity index (χ2n) is 6.19. The van der Waals surface area contributed by atoms with E-state index in [-0.39, 0.29) is 5.56 Å². The minimum Gasteiger partial charge on any atom is -0.481 e. The molecule has 0 saturated heterocycles. The van der Waals surface area contributed by atoms with Gasteiger partial charge in [-0.2, -0.15) is 0 Å². The summed E-state index contributed by atoms with van der Waals surface area (Å²) >= 11 is 1.42. The molecule has 0 atom stereocenters. The predicted molar refractivity (Wildman–Crippen MR) is 107 cm³/mol. The summed E-state index contributed by atoms with van der Waals surface area (Å²) in [7, 11) is 1.56. The fourth-order valence-corrected chi connectivity index (χ4v) is 4.15. The monoisotopic (exact) mass is 392 g/mol. The zero-order valence-electron chi connectivity index (χ0n) is 14.6. The first-order valence-corrected chi connectivity index (χ1v) is 9.26. The van der Waals surface area contributed by atoms with Gasteiger partial charge in [-0.3, -0.25) is 4.79 Å². The SMILES string of the molecule is COc1cc(Sc2nc3c4ccc(F)cc4c4c(=O)[nH]ccc4c3[nH]2)ccn1. The number of ether oxygens (including phenoxy) is 1. The second-order valence-corrected chi connectivity index (χ2v) is 7.25. The highest BCUT2D eigenvalue weighted by Gasteiger charge is 2.16. The number of nitrogens with one attached hydrogen (secondary N) is 2. The van der Waals surface area contributed by atoms with Gasteiger partial charge in [0, 0.05) is 39.5 Å². The molecule has 0 aliphatic heterocycles. The van der Waals surface area contributed by atoms with Crippen molar-refractivity contribution < 1.29 is 9.13 Å². The van der Waals surface area contributed by atoms with Crippen LogP contribution >= 0.6 is 11.8 Å². The van der Waals surface area contributed by atoms with Crippen LogP contribution in [-0.4, -0.2) is 27.0 Å². The highest BCUT2D eigenvalue weighted by Crippen LogP contribution is 2.35. The van der Waals surface area contributed by atoms with Crippen LogP contribution in [0.3, 0.4) is 0 Å². The van der Waals surface area contributed by atoms with E-state index in [0.29, 0.717) is 32.7 Å². The number of H-pyrrole nitrogens is 2. The van der Waals surface area contributed by atoms with Crippen molar-refractivity contribution in [1.82, 2.24) is 19.9 Å². The van der Waals surface area contributed by atoms with Crippen LogP contribution in [0.2, 0.25) is 0 Å². The van der Waals surface area contributed by atoms with Crippen molar-refractivity contribution in [1.29, 1.82) is 0 Å². The maximum absolute atomic E-state index is 13.9. The fourth-order valence-electron chi connectivity index (χ4n) is 3.35. The summed E-state index contributed by atoms with van der Waals surface area (Å²) < 4.78 is 19.1. The predicted octanol–water partition coefficient (Wildman–Crippen LogP) is 4.25. The molecule has 0 spiro atoms. The molecule has 3 heterocycles. The largest absolute Gasteiger partial charge is 0.481 e. The number of pyridine rings is 2. The number of aromatic amines is 2. The van der Waals surface area contributed by atoms with Crippen LogP contribution in [0.4, 0.5) is 4.39 Å². The van der Waals surface area contributed by atoms with E-state index in [1.807, 2.05) is 12.1 Å². The molecule has 8 heteroatoms. The molecule has 0 bridgehead atoms. The van der Waals surface area contributed by atoms with Gasteiger partial charge in [-0.15, -0.1) is 0 Å². The van der Waals surface area contributed by atoms with E-state index in [1.54, 1.807) is 31.6 Å². The first kappa shape index (κ1) is 16.8. The van der Waals surface area contributed by atoms with Gasteiger partial charge in [0.1, 0.15) is 5.82 Å². The molecule has 5 aromatic rings. The van der Waals surface area contributed by atoms with Gasteiger partial charge in [0.25, 0.3) is 5.56 Å². The maximum atomic E-state index is 13.9. The number of nitrogens with zero attached hydrogens (tertiary/aromatic N) is 2. The highest BCUT2D eigenvalue weighted by molar-refractivity contribution is 7.99. The van der Waals surface area contributed by atoms with Crippen molar-refractivity contribution in [3.05, 3.63) is 65.0 Å². The summed E-state index contributed by atoms with van der Waals surface area (Å²) in [6.07, 6.45) is 3.24. The van der Waals surface area contributed by atoms with Crippen molar-refractivity contribution in [2.24, 2.45) is 0 Å². The Balaban J connectivity index is 1.79. The molecular formula is C20H13FN4O2S. The fraction of sp³-hybridized carbons (Fsp3) is 0.0500. The van der Waals surface area contributed by atoms with Crippen molar-refractivity contribution in [2.45, 2.75) is 10.1 Å². The topological polar surface area (TPSA) is 83.7 Å². The van der Waals surface area contributed by atoms with Gasteiger partial charge in [-0.05, 0) is 30.3 Å². The average molecular weight is 392 g/mol. The highest BCUT2D eigenvalue weighted by atomic mass is 32.2. The van der Waals surface area contributed by atoms with Crippen molar-refractivity contribution in [3.8, 4) is 5.88 Å².